The Bertz CT molecular complexity index is 419. The van der Waals surface area contributed by atoms with Crippen molar-refractivity contribution in [2.75, 3.05) is 7.11 Å². The van der Waals surface area contributed by atoms with Gasteiger partial charge in [-0.3, -0.25) is 4.79 Å². The molecule has 0 saturated carbocycles. The number of rotatable bonds is 5. The van der Waals surface area contributed by atoms with Crippen molar-refractivity contribution in [2.45, 2.75) is 40.0 Å². The molecule has 0 bridgehead atoms. The van der Waals surface area contributed by atoms with Gasteiger partial charge < -0.3 is 4.74 Å². The minimum Gasteiger partial charge on any atom is -0.496 e. The highest BCUT2D eigenvalue weighted by Crippen LogP contribution is 2.25. The molecule has 0 amide bonds. The molecule has 0 aliphatic heterocycles. The summed E-state index contributed by atoms with van der Waals surface area (Å²) < 4.78 is 5.24. The lowest BCUT2D eigenvalue weighted by atomic mass is 9.88. The Kier molecular flexibility index (Phi) is 5.21. The zero-order valence-electron chi connectivity index (χ0n) is 11.5. The number of benzene rings is 1. The number of methoxy groups -OCH3 is 1. The zero-order chi connectivity index (χ0) is 13.8. The van der Waals surface area contributed by atoms with Gasteiger partial charge in [-0.25, -0.2) is 0 Å². The van der Waals surface area contributed by atoms with Crippen LogP contribution in [-0.4, -0.2) is 12.9 Å². The van der Waals surface area contributed by atoms with E-state index in [0.29, 0.717) is 17.9 Å². The Morgan fingerprint density at radius 3 is 2.56 bits per heavy atom. The second-order valence-electron chi connectivity index (χ2n) is 5.73. The molecule has 0 radical (unpaired) electrons. The van der Waals surface area contributed by atoms with Crippen molar-refractivity contribution < 1.29 is 9.53 Å². The molecular formula is C15H21ClO2. The van der Waals surface area contributed by atoms with Gasteiger partial charge in [0.25, 0.3) is 0 Å². The van der Waals surface area contributed by atoms with Crippen LogP contribution in [-0.2, 0) is 11.2 Å². The summed E-state index contributed by atoms with van der Waals surface area (Å²) in [6.07, 6.45) is 1.88. The molecule has 1 rings (SSSR count). The van der Waals surface area contributed by atoms with Crippen molar-refractivity contribution in [1.29, 1.82) is 0 Å². The largest absolute Gasteiger partial charge is 0.496 e. The predicted octanol–water partition coefficient (Wildman–Crippen LogP) is 4.29. The van der Waals surface area contributed by atoms with E-state index in [1.807, 2.05) is 0 Å². The quantitative estimate of drug-likeness (QED) is 0.796. The number of hydrogen-bond donors (Lipinski definition) is 0. The van der Waals surface area contributed by atoms with Crippen LogP contribution in [0.25, 0.3) is 0 Å². The standard InChI is InChI=1S/C15H21ClO2/c1-15(2,3)8-7-13(17)10-11-9-12(16)5-6-14(11)18-4/h5-6,9H,7-8,10H2,1-4H3. The molecule has 0 saturated heterocycles. The summed E-state index contributed by atoms with van der Waals surface area (Å²) in [5.74, 6) is 0.953. The molecule has 100 valence electrons. The average molecular weight is 269 g/mol. The number of ether oxygens (including phenoxy) is 1. The maximum atomic E-state index is 11.9. The number of halogens is 1. The van der Waals surface area contributed by atoms with E-state index in [1.165, 1.54) is 0 Å². The first kappa shape index (κ1) is 15.0. The van der Waals surface area contributed by atoms with E-state index in [2.05, 4.69) is 20.8 Å². The summed E-state index contributed by atoms with van der Waals surface area (Å²) in [5, 5.41) is 0.634. The van der Waals surface area contributed by atoms with E-state index in [4.69, 9.17) is 16.3 Å². The molecular weight excluding hydrogens is 248 g/mol. The van der Waals surface area contributed by atoms with E-state index in [1.54, 1.807) is 25.3 Å². The summed E-state index contributed by atoms with van der Waals surface area (Å²) in [4.78, 5) is 11.9. The van der Waals surface area contributed by atoms with Crippen molar-refractivity contribution in [1.82, 2.24) is 0 Å². The molecule has 0 aliphatic carbocycles. The van der Waals surface area contributed by atoms with Crippen LogP contribution >= 0.6 is 11.6 Å². The molecule has 0 aromatic heterocycles. The van der Waals surface area contributed by atoms with Crippen molar-refractivity contribution in [2.24, 2.45) is 5.41 Å². The average Bonchev–Trinajstić information content (AvgIpc) is 2.26. The lowest BCUT2D eigenvalue weighted by Gasteiger charge is -2.17. The molecule has 0 atom stereocenters. The molecule has 0 N–H and O–H groups in total. The number of carbonyl (C=O) groups excluding carboxylic acids is 1. The molecule has 0 aliphatic rings. The summed E-state index contributed by atoms with van der Waals surface area (Å²) >= 11 is 5.94. The van der Waals surface area contributed by atoms with Gasteiger partial charge in [0, 0.05) is 23.4 Å². The van der Waals surface area contributed by atoms with Crippen molar-refractivity contribution in [3.63, 3.8) is 0 Å². The summed E-state index contributed by atoms with van der Waals surface area (Å²) in [6, 6.07) is 5.37. The van der Waals surface area contributed by atoms with E-state index in [9.17, 15) is 4.79 Å². The van der Waals surface area contributed by atoms with Crippen LogP contribution in [0, 0.1) is 5.41 Å². The minimum atomic E-state index is 0.189. The maximum Gasteiger partial charge on any atom is 0.137 e. The Labute approximate surface area is 114 Å². The van der Waals surface area contributed by atoms with Gasteiger partial charge in [-0.2, -0.15) is 0 Å². The van der Waals surface area contributed by atoms with Gasteiger partial charge in [0.15, 0.2) is 0 Å². The Balaban J connectivity index is 2.66. The Hall–Kier alpha value is -1.02. The van der Waals surface area contributed by atoms with Crippen LogP contribution in [0.15, 0.2) is 18.2 Å². The molecule has 0 heterocycles. The zero-order valence-corrected chi connectivity index (χ0v) is 12.3. The number of Topliss-reactive ketones (excluding diaryl/α,β-unsaturated/α-hetero) is 1. The smallest absolute Gasteiger partial charge is 0.137 e. The highest BCUT2D eigenvalue weighted by Gasteiger charge is 2.14. The van der Waals surface area contributed by atoms with Crippen LogP contribution in [0.1, 0.15) is 39.2 Å². The van der Waals surface area contributed by atoms with Gasteiger partial charge >= 0.3 is 0 Å². The summed E-state index contributed by atoms with van der Waals surface area (Å²) in [6.45, 7) is 6.42. The van der Waals surface area contributed by atoms with Crippen LogP contribution < -0.4 is 4.74 Å². The van der Waals surface area contributed by atoms with Crippen LogP contribution in [0.4, 0.5) is 0 Å². The molecule has 0 fully saturated rings. The first-order chi connectivity index (χ1) is 8.31. The molecule has 18 heavy (non-hydrogen) atoms. The number of carbonyl (C=O) groups is 1. The van der Waals surface area contributed by atoms with Gasteiger partial charge in [0.1, 0.15) is 11.5 Å². The lowest BCUT2D eigenvalue weighted by molar-refractivity contribution is -0.118. The fraction of sp³-hybridized carbons (Fsp3) is 0.533. The highest BCUT2D eigenvalue weighted by atomic mass is 35.5. The van der Waals surface area contributed by atoms with Crippen molar-refractivity contribution >= 4 is 17.4 Å². The molecule has 1 aromatic carbocycles. The second kappa shape index (κ2) is 6.24. The third kappa shape index (κ3) is 5.09. The highest BCUT2D eigenvalue weighted by molar-refractivity contribution is 6.30. The van der Waals surface area contributed by atoms with E-state index >= 15 is 0 Å². The Morgan fingerprint density at radius 2 is 2.00 bits per heavy atom. The Morgan fingerprint density at radius 1 is 1.33 bits per heavy atom. The van der Waals surface area contributed by atoms with Gasteiger partial charge in [0.05, 0.1) is 7.11 Å². The normalized spacial score (nSPS) is 11.4. The molecule has 0 unspecified atom stereocenters. The van der Waals surface area contributed by atoms with Crippen molar-refractivity contribution in [3.05, 3.63) is 28.8 Å². The SMILES string of the molecule is COc1ccc(Cl)cc1CC(=O)CCC(C)(C)C. The lowest BCUT2D eigenvalue weighted by Crippen LogP contribution is -2.11. The summed E-state index contributed by atoms with van der Waals surface area (Å²) in [5.41, 5.74) is 1.05. The fourth-order valence-corrected chi connectivity index (χ4v) is 1.90. The van der Waals surface area contributed by atoms with E-state index in [-0.39, 0.29) is 11.2 Å². The van der Waals surface area contributed by atoms with E-state index in [0.717, 1.165) is 17.7 Å². The fourth-order valence-electron chi connectivity index (χ4n) is 1.70. The monoisotopic (exact) mass is 268 g/mol. The first-order valence-electron chi connectivity index (χ1n) is 6.16. The van der Waals surface area contributed by atoms with Gasteiger partial charge in [-0.05, 0) is 30.0 Å². The van der Waals surface area contributed by atoms with Crippen molar-refractivity contribution in [3.8, 4) is 5.75 Å². The number of hydrogen-bond acceptors (Lipinski definition) is 2. The third-order valence-corrected chi connectivity index (χ3v) is 3.02. The minimum absolute atomic E-state index is 0.189. The van der Waals surface area contributed by atoms with Crippen LogP contribution in [0.3, 0.4) is 0 Å². The first-order valence-corrected chi connectivity index (χ1v) is 6.54. The molecule has 0 spiro atoms. The van der Waals surface area contributed by atoms with E-state index < -0.39 is 0 Å². The summed E-state index contributed by atoms with van der Waals surface area (Å²) in [7, 11) is 1.60. The molecule has 2 nitrogen and oxygen atoms in total. The number of ketones is 1. The molecule has 3 heteroatoms. The molecule has 1 aromatic rings. The van der Waals surface area contributed by atoms with Crippen LogP contribution in [0.5, 0.6) is 5.75 Å². The second-order valence-corrected chi connectivity index (χ2v) is 6.17. The van der Waals surface area contributed by atoms with Gasteiger partial charge in [0.2, 0.25) is 0 Å². The third-order valence-electron chi connectivity index (χ3n) is 2.78. The van der Waals surface area contributed by atoms with Gasteiger partial charge in [-0.15, -0.1) is 0 Å². The van der Waals surface area contributed by atoms with Crippen LogP contribution in [0.2, 0.25) is 5.02 Å². The predicted molar refractivity (Wildman–Crippen MR) is 75.4 cm³/mol. The maximum absolute atomic E-state index is 11.9. The topological polar surface area (TPSA) is 26.3 Å². The van der Waals surface area contributed by atoms with Gasteiger partial charge in [-0.1, -0.05) is 32.4 Å².